The van der Waals surface area contributed by atoms with E-state index >= 15 is 0 Å². The van der Waals surface area contributed by atoms with E-state index in [9.17, 15) is 13.2 Å². The first-order chi connectivity index (χ1) is 13.1. The molecular weight excluding hydrogens is 345 g/mol. The fourth-order valence-corrected chi connectivity index (χ4v) is 6.46. The van der Waals surface area contributed by atoms with Gasteiger partial charge in [0.2, 0.25) is 0 Å². The summed E-state index contributed by atoms with van der Waals surface area (Å²) in [5.41, 5.74) is 1.14. The van der Waals surface area contributed by atoms with Crippen molar-refractivity contribution in [3.8, 4) is 0 Å². The number of halogens is 3. The van der Waals surface area contributed by atoms with Crippen LogP contribution >= 0.6 is 0 Å². The summed E-state index contributed by atoms with van der Waals surface area (Å²) in [4.78, 5) is 0. The van der Waals surface area contributed by atoms with Crippen LogP contribution in [-0.2, 0) is 12.8 Å². The number of unbranched alkanes of at least 4 members (excludes halogenated alkanes) is 1. The van der Waals surface area contributed by atoms with Crippen molar-refractivity contribution in [2.24, 2.45) is 29.6 Å². The van der Waals surface area contributed by atoms with Gasteiger partial charge in [-0.05, 0) is 98.1 Å². The summed E-state index contributed by atoms with van der Waals surface area (Å²) in [6.07, 6.45) is 14.4. The quantitative estimate of drug-likeness (QED) is 0.485. The zero-order chi connectivity index (χ0) is 19.0. The summed E-state index contributed by atoms with van der Waals surface area (Å²) < 4.78 is 41.2. The van der Waals surface area contributed by atoms with Gasteiger partial charge in [-0.2, -0.15) is 0 Å². The Morgan fingerprint density at radius 3 is 2.33 bits per heavy atom. The second-order valence-corrected chi connectivity index (χ2v) is 9.54. The van der Waals surface area contributed by atoms with Crippen LogP contribution in [0, 0.1) is 47.0 Å². The first-order valence-corrected chi connectivity index (χ1v) is 11.2. The molecule has 0 amide bonds. The van der Waals surface area contributed by atoms with Gasteiger partial charge in [0.15, 0.2) is 17.5 Å². The second-order valence-electron chi connectivity index (χ2n) is 9.54. The molecule has 3 heteroatoms. The molecule has 0 saturated heterocycles. The number of fused-ring (bicyclic) bond motifs is 2. The van der Waals surface area contributed by atoms with Crippen molar-refractivity contribution < 1.29 is 13.2 Å². The number of hydrogen-bond acceptors (Lipinski definition) is 0. The van der Waals surface area contributed by atoms with E-state index in [2.05, 4.69) is 6.92 Å². The minimum Gasteiger partial charge on any atom is -0.204 e. The van der Waals surface area contributed by atoms with Crippen LogP contribution in [0.2, 0.25) is 0 Å². The molecule has 150 valence electrons. The van der Waals surface area contributed by atoms with Crippen LogP contribution in [0.1, 0.15) is 82.3 Å². The molecule has 0 aromatic heterocycles. The van der Waals surface area contributed by atoms with Gasteiger partial charge in [-0.1, -0.05) is 32.6 Å². The lowest BCUT2D eigenvalue weighted by molar-refractivity contribution is 0.0689. The van der Waals surface area contributed by atoms with Gasteiger partial charge in [0.1, 0.15) is 0 Å². The molecule has 0 aliphatic heterocycles. The van der Waals surface area contributed by atoms with Gasteiger partial charge in [0, 0.05) is 0 Å². The highest BCUT2D eigenvalue weighted by Gasteiger charge is 2.39. The predicted octanol–water partition coefficient (Wildman–Crippen LogP) is 7.23. The second kappa shape index (κ2) is 8.17. The van der Waals surface area contributed by atoms with Crippen molar-refractivity contribution in [1.82, 2.24) is 0 Å². The third-order valence-corrected chi connectivity index (χ3v) is 8.00. The van der Waals surface area contributed by atoms with Gasteiger partial charge < -0.3 is 0 Å². The molecular formula is C24H33F3. The topological polar surface area (TPSA) is 0 Å². The van der Waals surface area contributed by atoms with Gasteiger partial charge >= 0.3 is 0 Å². The highest BCUT2D eigenvalue weighted by Crippen LogP contribution is 2.49. The Labute approximate surface area is 161 Å². The average Bonchev–Trinajstić information content (AvgIpc) is 2.69. The molecule has 3 aliphatic carbocycles. The van der Waals surface area contributed by atoms with Crippen molar-refractivity contribution in [2.75, 3.05) is 0 Å². The molecule has 5 atom stereocenters. The molecule has 1 aromatic rings. The van der Waals surface area contributed by atoms with E-state index in [1.54, 1.807) is 0 Å². The highest BCUT2D eigenvalue weighted by atomic mass is 19.2. The van der Waals surface area contributed by atoms with Crippen molar-refractivity contribution in [2.45, 2.75) is 84.0 Å². The Kier molecular flexibility index (Phi) is 5.85. The van der Waals surface area contributed by atoms with Crippen molar-refractivity contribution >= 4 is 0 Å². The lowest BCUT2D eigenvalue weighted by Gasteiger charge is -2.45. The summed E-state index contributed by atoms with van der Waals surface area (Å²) in [5, 5.41) is 0. The molecule has 2 saturated carbocycles. The normalized spacial score (nSPS) is 33.4. The molecule has 0 radical (unpaired) electrons. The van der Waals surface area contributed by atoms with Crippen molar-refractivity contribution in [3.05, 3.63) is 34.6 Å². The van der Waals surface area contributed by atoms with Crippen molar-refractivity contribution in [3.63, 3.8) is 0 Å². The maximum Gasteiger partial charge on any atom is 0.194 e. The van der Waals surface area contributed by atoms with Crippen LogP contribution in [0.3, 0.4) is 0 Å². The Morgan fingerprint density at radius 2 is 1.56 bits per heavy atom. The summed E-state index contributed by atoms with van der Waals surface area (Å²) >= 11 is 0. The molecule has 0 nitrogen and oxygen atoms in total. The molecule has 1 aromatic carbocycles. The predicted molar refractivity (Wildman–Crippen MR) is 103 cm³/mol. The Balaban J connectivity index is 1.38. The largest absolute Gasteiger partial charge is 0.204 e. The number of rotatable bonds is 4. The maximum atomic E-state index is 14.0. The summed E-state index contributed by atoms with van der Waals surface area (Å²) in [6, 6.07) is 1.25. The van der Waals surface area contributed by atoms with Gasteiger partial charge in [-0.3, -0.25) is 0 Å². The molecule has 0 bridgehead atoms. The van der Waals surface area contributed by atoms with Crippen LogP contribution in [0.15, 0.2) is 6.07 Å². The minimum atomic E-state index is -1.30. The average molecular weight is 379 g/mol. The van der Waals surface area contributed by atoms with Gasteiger partial charge in [-0.15, -0.1) is 0 Å². The van der Waals surface area contributed by atoms with Gasteiger partial charge in [0.05, 0.1) is 0 Å². The lowest BCUT2D eigenvalue weighted by Crippen LogP contribution is -2.35. The Morgan fingerprint density at radius 1 is 0.852 bits per heavy atom. The Bertz CT molecular complexity index is 668. The molecule has 4 rings (SSSR count). The number of hydrogen-bond donors (Lipinski definition) is 0. The van der Waals surface area contributed by atoms with E-state index in [-0.39, 0.29) is 0 Å². The first-order valence-electron chi connectivity index (χ1n) is 11.2. The van der Waals surface area contributed by atoms with E-state index < -0.39 is 17.5 Å². The van der Waals surface area contributed by atoms with E-state index in [0.29, 0.717) is 29.4 Å². The van der Waals surface area contributed by atoms with Crippen molar-refractivity contribution in [1.29, 1.82) is 0 Å². The fraction of sp³-hybridized carbons (Fsp3) is 0.750. The molecule has 5 unspecified atom stereocenters. The molecule has 2 fully saturated rings. The van der Waals surface area contributed by atoms with E-state index in [4.69, 9.17) is 0 Å². The zero-order valence-electron chi connectivity index (χ0n) is 16.6. The molecule has 0 heterocycles. The number of benzene rings is 1. The Hall–Kier alpha value is -0.990. The third kappa shape index (κ3) is 3.93. The van der Waals surface area contributed by atoms with Gasteiger partial charge in [0.25, 0.3) is 0 Å². The molecule has 0 spiro atoms. The SMILES string of the molecule is CCCCC1CCC2CC(C3CCc4c(cc(F)c(F)c4F)C3)CCC2C1. The van der Waals surface area contributed by atoms with Crippen LogP contribution in [-0.4, -0.2) is 0 Å². The van der Waals surface area contributed by atoms with Gasteiger partial charge in [-0.25, -0.2) is 13.2 Å². The minimum absolute atomic E-state index is 0.426. The third-order valence-electron chi connectivity index (χ3n) is 8.00. The monoisotopic (exact) mass is 378 g/mol. The van der Waals surface area contributed by atoms with E-state index in [1.165, 1.54) is 63.9 Å². The molecule has 3 aliphatic rings. The summed E-state index contributed by atoms with van der Waals surface area (Å²) in [7, 11) is 0. The molecule has 27 heavy (non-hydrogen) atoms. The smallest absolute Gasteiger partial charge is 0.194 e. The molecule has 0 N–H and O–H groups in total. The van der Waals surface area contributed by atoms with Crippen LogP contribution < -0.4 is 0 Å². The van der Waals surface area contributed by atoms with Crippen LogP contribution in [0.25, 0.3) is 0 Å². The van der Waals surface area contributed by atoms with Crippen LogP contribution in [0.5, 0.6) is 0 Å². The zero-order valence-corrected chi connectivity index (χ0v) is 16.6. The highest BCUT2D eigenvalue weighted by molar-refractivity contribution is 5.33. The van der Waals surface area contributed by atoms with Crippen LogP contribution in [0.4, 0.5) is 13.2 Å². The standard InChI is InChI=1S/C24H33F3/c1-2-3-4-15-5-6-17-12-18(8-7-16(17)11-15)19-9-10-21-20(13-19)14-22(25)24(27)23(21)26/h14-19H,2-13H2,1H3. The fourth-order valence-electron chi connectivity index (χ4n) is 6.46. The first kappa shape index (κ1) is 19.3. The maximum absolute atomic E-state index is 14.0. The lowest BCUT2D eigenvalue weighted by atomic mass is 9.61. The van der Waals surface area contributed by atoms with E-state index in [0.717, 1.165) is 30.6 Å². The summed E-state index contributed by atoms with van der Waals surface area (Å²) in [5.74, 6) is 0.654. The van der Waals surface area contributed by atoms with E-state index in [1.807, 2.05) is 0 Å². The summed E-state index contributed by atoms with van der Waals surface area (Å²) in [6.45, 7) is 2.28.